The van der Waals surface area contributed by atoms with Gasteiger partial charge >= 0.3 is 0 Å². The van der Waals surface area contributed by atoms with Crippen LogP contribution in [0.2, 0.25) is 0 Å². The standard InChI is InChI=1S/C6H5N3.H3NOS2/c1-2-4-6-5(3-1)7-9-8-6;1-4(2)3/h1-4H,(H,7,8,9);1H2,(H,2,3). The van der Waals surface area contributed by atoms with Gasteiger partial charge in [-0.25, -0.2) is 0 Å². The largest absolute Gasteiger partial charge is 0.316 e. The fourth-order valence-corrected chi connectivity index (χ4v) is 0.786. The number of para-hydroxylation sites is 2. The molecule has 0 spiro atoms. The first kappa shape index (κ1) is 10.2. The van der Waals surface area contributed by atoms with Crippen LogP contribution in [0.15, 0.2) is 24.3 Å². The van der Waals surface area contributed by atoms with Gasteiger partial charge in [0.2, 0.25) is 0 Å². The van der Waals surface area contributed by atoms with Crippen LogP contribution < -0.4 is 5.14 Å². The van der Waals surface area contributed by atoms with Gasteiger partial charge in [0.15, 0.2) is 0 Å². The van der Waals surface area contributed by atoms with Gasteiger partial charge in [-0.3, -0.25) is 5.14 Å². The Labute approximate surface area is 81.9 Å². The summed E-state index contributed by atoms with van der Waals surface area (Å²) < 4.78 is 7.68. The minimum Gasteiger partial charge on any atom is -0.316 e. The second kappa shape index (κ2) is 4.97. The van der Waals surface area contributed by atoms with E-state index in [1.54, 1.807) is 0 Å². The van der Waals surface area contributed by atoms with E-state index in [4.69, 9.17) is 4.55 Å². The molecule has 7 heteroatoms. The molecule has 2 rings (SSSR count). The third-order valence-corrected chi connectivity index (χ3v) is 1.22. The molecule has 1 unspecified atom stereocenters. The highest BCUT2D eigenvalue weighted by Gasteiger charge is 1.90. The summed E-state index contributed by atoms with van der Waals surface area (Å²) >= 11 is 3.98. The summed E-state index contributed by atoms with van der Waals surface area (Å²) in [6, 6.07) is 7.70. The molecule has 0 radical (unpaired) electrons. The number of nitrogens with zero attached hydrogens (tertiary/aromatic N) is 2. The van der Waals surface area contributed by atoms with Crippen molar-refractivity contribution in [2.75, 3.05) is 0 Å². The first-order chi connectivity index (χ1) is 6.20. The molecular formula is C6H8N4OS2. The van der Waals surface area contributed by atoms with Crippen LogP contribution in [0.4, 0.5) is 0 Å². The molecular weight excluding hydrogens is 208 g/mol. The van der Waals surface area contributed by atoms with Gasteiger partial charge in [0.25, 0.3) is 0 Å². The van der Waals surface area contributed by atoms with Crippen LogP contribution in [0.5, 0.6) is 0 Å². The molecule has 13 heavy (non-hydrogen) atoms. The topological polar surface area (TPSA) is 87.8 Å². The Morgan fingerprint density at radius 1 is 1.31 bits per heavy atom. The lowest BCUT2D eigenvalue weighted by Gasteiger charge is -1.78. The average Bonchev–Trinajstić information content (AvgIpc) is 2.49. The Balaban J connectivity index is 0.000000184. The molecule has 4 N–H and O–H groups in total. The fourth-order valence-electron chi connectivity index (χ4n) is 0.786. The zero-order valence-corrected chi connectivity index (χ0v) is 8.18. The molecule has 5 nitrogen and oxygen atoms in total. The molecule has 1 atom stereocenters. The Hall–Kier alpha value is -0.890. The van der Waals surface area contributed by atoms with Crippen molar-refractivity contribution >= 4 is 32.1 Å². The van der Waals surface area contributed by atoms with Crippen LogP contribution in [0, 0.1) is 0 Å². The molecule has 2 aromatic rings. The van der Waals surface area contributed by atoms with E-state index in [1.165, 1.54) is 0 Å². The molecule has 1 heterocycles. The molecule has 0 aliphatic carbocycles. The number of hydrogen-bond donors (Lipinski definition) is 3. The minimum absolute atomic E-state index is 0.914. The van der Waals surface area contributed by atoms with E-state index >= 15 is 0 Å². The molecule has 1 aromatic heterocycles. The first-order valence-electron chi connectivity index (χ1n) is 3.31. The Morgan fingerprint density at radius 2 is 1.69 bits per heavy atom. The quantitative estimate of drug-likeness (QED) is 0.592. The van der Waals surface area contributed by atoms with Crippen molar-refractivity contribution in [1.29, 1.82) is 0 Å². The number of nitrogens with one attached hydrogen (secondary N) is 1. The summed E-state index contributed by atoms with van der Waals surface area (Å²) in [5.74, 6) is 0. The van der Waals surface area contributed by atoms with E-state index in [0.717, 1.165) is 11.0 Å². The summed E-state index contributed by atoms with van der Waals surface area (Å²) in [5.41, 5.74) is 1.83. The van der Waals surface area contributed by atoms with E-state index in [0.29, 0.717) is 0 Å². The molecule has 0 bridgehead atoms. The van der Waals surface area contributed by atoms with Crippen LogP contribution in [0.25, 0.3) is 11.0 Å². The van der Waals surface area contributed by atoms with Gasteiger partial charge in [0, 0.05) is 0 Å². The number of hydrogen-bond acceptors (Lipinski definition) is 3. The lowest BCUT2D eigenvalue weighted by molar-refractivity contribution is 0.658. The van der Waals surface area contributed by atoms with Crippen molar-refractivity contribution in [2.45, 2.75) is 0 Å². The molecule has 0 saturated heterocycles. The average molecular weight is 216 g/mol. The Kier molecular flexibility index (Phi) is 3.90. The van der Waals surface area contributed by atoms with Gasteiger partial charge in [0.1, 0.15) is 11.0 Å². The number of benzene rings is 1. The lowest BCUT2D eigenvalue weighted by atomic mass is 10.3. The second-order valence-corrected chi connectivity index (χ2v) is 3.67. The van der Waals surface area contributed by atoms with Crippen LogP contribution >= 0.6 is 0 Å². The first-order valence-corrected chi connectivity index (χ1v) is 5.48. The smallest absolute Gasteiger partial charge is 0.112 e. The van der Waals surface area contributed by atoms with Crippen LogP contribution in [0.1, 0.15) is 0 Å². The maximum atomic E-state index is 7.68. The highest BCUT2D eigenvalue weighted by molar-refractivity contribution is 8.24. The normalized spacial score (nSPS) is 11.8. The van der Waals surface area contributed by atoms with Gasteiger partial charge in [0.05, 0.1) is 9.92 Å². The van der Waals surface area contributed by atoms with Crippen LogP contribution in [-0.2, 0) is 21.1 Å². The van der Waals surface area contributed by atoms with E-state index in [-0.39, 0.29) is 0 Å². The monoisotopic (exact) mass is 216 g/mol. The van der Waals surface area contributed by atoms with Crippen LogP contribution in [0.3, 0.4) is 0 Å². The van der Waals surface area contributed by atoms with Gasteiger partial charge < -0.3 is 4.55 Å². The number of aromatic nitrogens is 3. The van der Waals surface area contributed by atoms with Crippen molar-refractivity contribution < 1.29 is 4.55 Å². The zero-order valence-electron chi connectivity index (χ0n) is 6.54. The van der Waals surface area contributed by atoms with Crippen molar-refractivity contribution in [2.24, 2.45) is 5.14 Å². The van der Waals surface area contributed by atoms with Crippen molar-refractivity contribution in [3.8, 4) is 0 Å². The molecule has 0 aliphatic heterocycles. The molecule has 0 saturated carbocycles. The fraction of sp³-hybridized carbons (Fsp3) is 0. The van der Waals surface area contributed by atoms with Crippen molar-refractivity contribution in [3.05, 3.63) is 24.3 Å². The van der Waals surface area contributed by atoms with E-state index in [9.17, 15) is 0 Å². The summed E-state index contributed by atoms with van der Waals surface area (Å²) in [6.07, 6.45) is 0. The number of nitrogens with two attached hydrogens (primary N) is 1. The number of aromatic amines is 1. The maximum Gasteiger partial charge on any atom is 0.112 e. The van der Waals surface area contributed by atoms with Gasteiger partial charge in [-0.15, -0.1) is 0 Å². The Bertz CT molecular complexity index is 368. The molecule has 1 aromatic carbocycles. The molecule has 0 amide bonds. The molecule has 0 aliphatic rings. The molecule has 0 fully saturated rings. The van der Waals surface area contributed by atoms with Gasteiger partial charge in [-0.05, 0) is 23.3 Å². The summed E-state index contributed by atoms with van der Waals surface area (Å²) in [6.45, 7) is 0. The lowest BCUT2D eigenvalue weighted by Crippen LogP contribution is -1.94. The maximum absolute atomic E-state index is 7.68. The molecule has 70 valence electrons. The summed E-state index contributed by atoms with van der Waals surface area (Å²) in [4.78, 5) is 0. The number of H-pyrrole nitrogens is 1. The van der Waals surface area contributed by atoms with Crippen molar-refractivity contribution in [3.63, 3.8) is 0 Å². The summed E-state index contributed by atoms with van der Waals surface area (Å²) in [7, 11) is -1.28. The van der Waals surface area contributed by atoms with Gasteiger partial charge in [-0.1, -0.05) is 12.1 Å². The third-order valence-electron chi connectivity index (χ3n) is 1.22. The van der Waals surface area contributed by atoms with E-state index in [2.05, 4.69) is 31.7 Å². The second-order valence-electron chi connectivity index (χ2n) is 2.09. The minimum atomic E-state index is -1.28. The SMILES string of the molecule is NS(O)=S.c1ccc2n[nH]nc2c1. The highest BCUT2D eigenvalue weighted by Crippen LogP contribution is 2.03. The predicted octanol–water partition coefficient (Wildman–Crippen LogP) is 0.371. The van der Waals surface area contributed by atoms with E-state index in [1.807, 2.05) is 24.3 Å². The van der Waals surface area contributed by atoms with Gasteiger partial charge in [-0.2, -0.15) is 15.4 Å². The van der Waals surface area contributed by atoms with Crippen LogP contribution in [-0.4, -0.2) is 20.0 Å². The predicted molar refractivity (Wildman–Crippen MR) is 55.4 cm³/mol. The Morgan fingerprint density at radius 3 is 2.08 bits per heavy atom. The zero-order chi connectivity index (χ0) is 9.68. The van der Waals surface area contributed by atoms with Crippen molar-refractivity contribution in [1.82, 2.24) is 15.4 Å². The summed E-state index contributed by atoms with van der Waals surface area (Å²) in [5, 5.41) is 14.8. The highest BCUT2D eigenvalue weighted by atomic mass is 32.8. The third kappa shape index (κ3) is 3.55. The number of rotatable bonds is 0. The van der Waals surface area contributed by atoms with E-state index < -0.39 is 9.92 Å². The number of fused-ring (bicyclic) bond motifs is 1.